The molecule has 0 saturated carbocycles. The minimum atomic E-state index is -0.915. The number of amides is 1. The molecule has 1 fully saturated rings. The molecule has 0 spiro atoms. The van der Waals surface area contributed by atoms with Crippen LogP contribution >= 0.6 is 0 Å². The molecule has 1 saturated heterocycles. The van der Waals surface area contributed by atoms with Crippen molar-refractivity contribution in [2.45, 2.75) is 77.4 Å². The second-order valence-electron chi connectivity index (χ2n) is 9.58. The number of aromatic nitrogens is 2. The van der Waals surface area contributed by atoms with Gasteiger partial charge in [0.25, 0.3) is 0 Å². The maximum Gasteiger partial charge on any atom is 0.407 e. The van der Waals surface area contributed by atoms with Crippen LogP contribution in [0, 0.1) is 17.8 Å². The minimum Gasteiger partial charge on any atom is -0.452 e. The van der Waals surface area contributed by atoms with Gasteiger partial charge in [-0.05, 0) is 33.6 Å². The molecule has 2 rings (SSSR count). The van der Waals surface area contributed by atoms with E-state index < -0.39 is 41.8 Å². The molecule has 200 valence electrons. The first kappa shape index (κ1) is 29.1. The lowest BCUT2D eigenvalue weighted by Gasteiger charge is -2.19. The Bertz CT molecular complexity index is 1020. The summed E-state index contributed by atoms with van der Waals surface area (Å²) in [6.45, 7) is 7.02. The number of hydrogen-bond acceptors (Lipinski definition) is 10. The molecule has 1 amide bonds. The van der Waals surface area contributed by atoms with Gasteiger partial charge in [-0.2, -0.15) is 4.98 Å². The van der Waals surface area contributed by atoms with Crippen molar-refractivity contribution in [1.82, 2.24) is 14.9 Å². The van der Waals surface area contributed by atoms with Crippen LogP contribution in [0.5, 0.6) is 0 Å². The number of carbonyl (C=O) groups is 2. The number of alkyl carbamates (subject to hydrolysis) is 1. The molecule has 0 aliphatic carbocycles. The van der Waals surface area contributed by atoms with Crippen LogP contribution in [0.3, 0.4) is 0 Å². The van der Waals surface area contributed by atoms with Gasteiger partial charge in [-0.25, -0.2) is 9.59 Å². The molecule has 1 aromatic heterocycles. The first-order valence-electron chi connectivity index (χ1n) is 11.9. The molecule has 4 atom stereocenters. The summed E-state index contributed by atoms with van der Waals surface area (Å²) < 4.78 is 17.0. The van der Waals surface area contributed by atoms with Crippen LogP contribution in [0.15, 0.2) is 11.0 Å². The van der Waals surface area contributed by atoms with E-state index in [1.54, 1.807) is 27.7 Å². The Morgan fingerprint density at radius 2 is 2.11 bits per heavy atom. The molecule has 0 bridgehead atoms. The number of nitrogens with zero attached hydrogens (tertiary/aromatic N) is 2. The third-order valence-electron chi connectivity index (χ3n) is 5.32. The van der Waals surface area contributed by atoms with E-state index in [2.05, 4.69) is 22.1 Å². The van der Waals surface area contributed by atoms with Crippen molar-refractivity contribution in [2.75, 3.05) is 25.5 Å². The van der Waals surface area contributed by atoms with Gasteiger partial charge in [0.05, 0.1) is 24.2 Å². The van der Waals surface area contributed by atoms with Gasteiger partial charge in [0.1, 0.15) is 23.8 Å². The lowest BCUT2D eigenvalue weighted by Crippen LogP contribution is -2.33. The Balaban J connectivity index is 1.79. The number of hydrogen-bond donors (Lipinski definition) is 4. The molecule has 5 N–H and O–H groups in total. The molecule has 12 heteroatoms. The summed E-state index contributed by atoms with van der Waals surface area (Å²) in [4.78, 5) is 39.7. The fourth-order valence-corrected chi connectivity index (χ4v) is 3.41. The number of aliphatic hydroxyl groups is 2. The first-order chi connectivity index (χ1) is 16.9. The number of anilines is 1. The SMILES string of the molecule is CC(CCCCNC(=O)OC(C)(C)C)C(=O)OCC#Cc1cn([C@H]2CC(O)[C@@H](CO)O2)c(=O)nc1N. The highest BCUT2D eigenvalue weighted by Crippen LogP contribution is 2.27. The predicted octanol–water partition coefficient (Wildman–Crippen LogP) is 0.692. The van der Waals surface area contributed by atoms with Crippen molar-refractivity contribution in [1.29, 1.82) is 0 Å². The van der Waals surface area contributed by atoms with Crippen molar-refractivity contribution < 1.29 is 34.0 Å². The van der Waals surface area contributed by atoms with Gasteiger partial charge >= 0.3 is 17.8 Å². The fourth-order valence-electron chi connectivity index (χ4n) is 3.41. The van der Waals surface area contributed by atoms with Crippen LogP contribution in [-0.2, 0) is 19.0 Å². The Labute approximate surface area is 210 Å². The summed E-state index contributed by atoms with van der Waals surface area (Å²) in [5, 5.41) is 21.8. The smallest absolute Gasteiger partial charge is 0.407 e. The Kier molecular flexibility index (Phi) is 10.7. The fraction of sp³-hybridized carbons (Fsp3) is 0.667. The number of esters is 1. The number of ether oxygens (including phenoxy) is 3. The highest BCUT2D eigenvalue weighted by Gasteiger charge is 2.35. The Morgan fingerprint density at radius 3 is 2.75 bits per heavy atom. The molecule has 2 unspecified atom stereocenters. The summed E-state index contributed by atoms with van der Waals surface area (Å²) in [7, 11) is 0. The van der Waals surface area contributed by atoms with Crippen molar-refractivity contribution >= 4 is 17.9 Å². The number of nitrogens with one attached hydrogen (secondary N) is 1. The van der Waals surface area contributed by atoms with Crippen molar-refractivity contribution in [3.8, 4) is 11.8 Å². The zero-order valence-electron chi connectivity index (χ0n) is 21.2. The zero-order valence-corrected chi connectivity index (χ0v) is 21.2. The van der Waals surface area contributed by atoms with Crippen molar-refractivity contribution in [3.05, 3.63) is 22.2 Å². The van der Waals surface area contributed by atoms with Crippen LogP contribution in [0.1, 0.15) is 65.2 Å². The molecule has 36 heavy (non-hydrogen) atoms. The standard InChI is InChI=1S/C24H36N4O8/c1-15(8-5-6-10-26-23(33)36-24(2,3)4)21(31)34-11-7-9-16-13-28(22(32)27-20(16)25)19-12-17(30)18(14-29)35-19/h13,15,17-19,29-30H,5-6,8,10-12,14H2,1-4H3,(H,26,33)(H2,25,27,32)/t15?,17?,18-,19-/m1/s1. The summed E-state index contributed by atoms with van der Waals surface area (Å²) in [6, 6.07) is 0. The van der Waals surface area contributed by atoms with E-state index >= 15 is 0 Å². The van der Waals surface area contributed by atoms with E-state index in [1.807, 2.05) is 0 Å². The van der Waals surface area contributed by atoms with E-state index in [0.29, 0.717) is 19.4 Å². The van der Waals surface area contributed by atoms with Crippen LogP contribution in [0.25, 0.3) is 0 Å². The second-order valence-corrected chi connectivity index (χ2v) is 9.58. The Hall–Kier alpha value is -3.14. The average molecular weight is 509 g/mol. The molecule has 2 heterocycles. The minimum absolute atomic E-state index is 0.0827. The molecular weight excluding hydrogens is 472 g/mol. The molecule has 1 aromatic rings. The van der Waals surface area contributed by atoms with E-state index in [4.69, 9.17) is 19.9 Å². The van der Waals surface area contributed by atoms with Gasteiger partial charge < -0.3 is 35.5 Å². The van der Waals surface area contributed by atoms with Crippen LogP contribution in [0.2, 0.25) is 0 Å². The van der Waals surface area contributed by atoms with Crippen LogP contribution in [-0.4, -0.2) is 69.4 Å². The number of nitrogen functional groups attached to an aromatic ring is 1. The molecule has 0 aromatic carbocycles. The number of rotatable bonds is 9. The maximum atomic E-state index is 12.2. The number of nitrogens with two attached hydrogens (primary N) is 1. The molecule has 1 aliphatic rings. The maximum absolute atomic E-state index is 12.2. The van der Waals surface area contributed by atoms with Crippen LogP contribution in [0.4, 0.5) is 10.6 Å². The second kappa shape index (κ2) is 13.2. The van der Waals surface area contributed by atoms with Gasteiger partial charge in [0.15, 0.2) is 6.61 Å². The monoisotopic (exact) mass is 508 g/mol. The van der Waals surface area contributed by atoms with Gasteiger partial charge in [0, 0.05) is 19.2 Å². The summed E-state index contributed by atoms with van der Waals surface area (Å²) in [5.41, 5.74) is 4.81. The van der Waals surface area contributed by atoms with Crippen LogP contribution < -0.4 is 16.7 Å². The lowest BCUT2D eigenvalue weighted by atomic mass is 10.0. The molecular formula is C24H36N4O8. The Morgan fingerprint density at radius 1 is 1.39 bits per heavy atom. The highest BCUT2D eigenvalue weighted by molar-refractivity contribution is 5.72. The molecule has 1 aliphatic heterocycles. The molecule has 12 nitrogen and oxygen atoms in total. The summed E-state index contributed by atoms with van der Waals surface area (Å²) in [6.07, 6.45) is 0.486. The zero-order chi connectivity index (χ0) is 26.9. The average Bonchev–Trinajstić information content (AvgIpc) is 3.16. The number of carbonyl (C=O) groups excluding carboxylic acids is 2. The van der Waals surface area contributed by atoms with E-state index in [1.165, 1.54) is 6.20 Å². The lowest BCUT2D eigenvalue weighted by molar-refractivity contribution is -0.146. The normalized spacial score (nSPS) is 20.2. The van der Waals surface area contributed by atoms with E-state index in [-0.39, 0.29) is 36.9 Å². The van der Waals surface area contributed by atoms with E-state index in [9.17, 15) is 24.6 Å². The topological polar surface area (TPSA) is 175 Å². The highest BCUT2D eigenvalue weighted by atomic mass is 16.6. The van der Waals surface area contributed by atoms with Gasteiger partial charge in [-0.1, -0.05) is 25.2 Å². The first-order valence-corrected chi connectivity index (χ1v) is 11.9. The third kappa shape index (κ3) is 9.14. The van der Waals surface area contributed by atoms with Gasteiger partial charge in [-0.15, -0.1) is 0 Å². The van der Waals surface area contributed by atoms with Gasteiger partial charge in [-0.3, -0.25) is 9.36 Å². The number of aliphatic hydroxyl groups excluding tert-OH is 2. The quantitative estimate of drug-likeness (QED) is 0.211. The summed E-state index contributed by atoms with van der Waals surface area (Å²) >= 11 is 0. The van der Waals surface area contributed by atoms with Gasteiger partial charge in [0.2, 0.25) is 0 Å². The van der Waals surface area contributed by atoms with Crippen molar-refractivity contribution in [3.63, 3.8) is 0 Å². The summed E-state index contributed by atoms with van der Waals surface area (Å²) in [5.74, 6) is 4.59. The molecule has 0 radical (unpaired) electrons. The largest absolute Gasteiger partial charge is 0.452 e. The predicted molar refractivity (Wildman–Crippen MR) is 130 cm³/mol. The van der Waals surface area contributed by atoms with Crippen molar-refractivity contribution in [2.24, 2.45) is 5.92 Å². The van der Waals surface area contributed by atoms with E-state index in [0.717, 1.165) is 11.0 Å². The number of unbranched alkanes of at least 4 members (excludes halogenated alkanes) is 1. The third-order valence-corrected chi connectivity index (χ3v) is 5.32.